The lowest BCUT2D eigenvalue weighted by atomic mass is 10.1. The van der Waals surface area contributed by atoms with E-state index in [4.69, 9.17) is 27.9 Å². The van der Waals surface area contributed by atoms with Gasteiger partial charge in [0.2, 0.25) is 0 Å². The zero-order valence-electron chi connectivity index (χ0n) is 15.3. The zero-order chi connectivity index (χ0) is 19.1. The first-order valence-electron chi connectivity index (χ1n) is 8.79. The molecule has 0 saturated heterocycles. The van der Waals surface area contributed by atoms with E-state index in [1.165, 1.54) is 0 Å². The number of ether oxygens (including phenoxy) is 1. The van der Waals surface area contributed by atoms with Gasteiger partial charge in [0.25, 0.3) is 0 Å². The van der Waals surface area contributed by atoms with Crippen molar-refractivity contribution >= 4 is 40.2 Å². The van der Waals surface area contributed by atoms with Crippen LogP contribution < -0.4 is 0 Å². The SMILES string of the molecule is CC(C)(C)OC(=O)N1CCc2c(n(CCO)c3c(Cl)ccc(Cl)c23)CC1. The number of hydrogen-bond acceptors (Lipinski definition) is 3. The van der Waals surface area contributed by atoms with E-state index < -0.39 is 5.60 Å². The molecule has 1 N–H and O–H groups in total. The van der Waals surface area contributed by atoms with E-state index in [0.29, 0.717) is 42.5 Å². The molecule has 0 fully saturated rings. The number of aliphatic hydroxyl groups excluding tert-OH is 1. The summed E-state index contributed by atoms with van der Waals surface area (Å²) in [6.07, 6.45) is 1.03. The maximum absolute atomic E-state index is 12.4. The zero-order valence-corrected chi connectivity index (χ0v) is 16.8. The molecule has 0 bridgehead atoms. The van der Waals surface area contributed by atoms with Crippen LogP contribution in [-0.2, 0) is 24.1 Å². The summed E-state index contributed by atoms with van der Waals surface area (Å²) < 4.78 is 7.55. The minimum atomic E-state index is -0.522. The average Bonchev–Trinajstić information content (AvgIpc) is 2.71. The van der Waals surface area contributed by atoms with Crippen LogP contribution in [0.3, 0.4) is 0 Å². The minimum Gasteiger partial charge on any atom is -0.444 e. The number of benzene rings is 1. The molecule has 26 heavy (non-hydrogen) atoms. The Morgan fingerprint density at radius 3 is 2.50 bits per heavy atom. The molecule has 5 nitrogen and oxygen atoms in total. The van der Waals surface area contributed by atoms with Crippen molar-refractivity contribution in [2.24, 2.45) is 0 Å². The molecule has 3 rings (SSSR count). The molecule has 0 atom stereocenters. The summed E-state index contributed by atoms with van der Waals surface area (Å²) in [5.41, 5.74) is 2.53. The van der Waals surface area contributed by atoms with Gasteiger partial charge in [-0.25, -0.2) is 4.79 Å². The lowest BCUT2D eigenvalue weighted by Crippen LogP contribution is -2.38. The van der Waals surface area contributed by atoms with E-state index in [-0.39, 0.29) is 12.7 Å². The van der Waals surface area contributed by atoms with Crippen LogP contribution in [0.5, 0.6) is 0 Å². The fourth-order valence-electron chi connectivity index (χ4n) is 3.54. The molecule has 7 heteroatoms. The van der Waals surface area contributed by atoms with Crippen molar-refractivity contribution in [3.8, 4) is 0 Å². The van der Waals surface area contributed by atoms with Crippen LogP contribution in [0.4, 0.5) is 4.79 Å². The second-order valence-electron chi connectivity index (χ2n) is 7.52. The molecule has 0 spiro atoms. The molecule has 1 aliphatic rings. The van der Waals surface area contributed by atoms with E-state index in [2.05, 4.69) is 0 Å². The first kappa shape index (κ1) is 19.3. The number of fused-ring (bicyclic) bond motifs is 3. The fraction of sp³-hybridized carbons (Fsp3) is 0.526. The maximum atomic E-state index is 12.4. The maximum Gasteiger partial charge on any atom is 0.410 e. The van der Waals surface area contributed by atoms with Gasteiger partial charge >= 0.3 is 6.09 Å². The van der Waals surface area contributed by atoms with Gasteiger partial charge in [0.05, 0.1) is 22.2 Å². The molecule has 1 aliphatic heterocycles. The molecule has 1 aromatic heterocycles. The number of hydrogen-bond donors (Lipinski definition) is 1. The summed E-state index contributed by atoms with van der Waals surface area (Å²) in [5, 5.41) is 11.7. The third kappa shape index (κ3) is 3.66. The summed E-state index contributed by atoms with van der Waals surface area (Å²) in [6.45, 7) is 7.15. The number of halogens is 2. The van der Waals surface area contributed by atoms with Crippen LogP contribution >= 0.6 is 23.2 Å². The first-order valence-corrected chi connectivity index (χ1v) is 9.55. The summed E-state index contributed by atoms with van der Waals surface area (Å²) in [4.78, 5) is 14.2. The third-order valence-electron chi connectivity index (χ3n) is 4.55. The molecule has 0 unspecified atom stereocenters. The van der Waals surface area contributed by atoms with Gasteiger partial charge in [0.1, 0.15) is 5.60 Å². The number of nitrogens with zero attached hydrogens (tertiary/aromatic N) is 2. The summed E-state index contributed by atoms with van der Waals surface area (Å²) in [5.74, 6) is 0. The molecular formula is C19H24Cl2N2O3. The number of aliphatic hydroxyl groups is 1. The number of rotatable bonds is 2. The number of aromatic nitrogens is 1. The molecule has 0 aliphatic carbocycles. The van der Waals surface area contributed by atoms with Crippen molar-refractivity contribution in [1.82, 2.24) is 9.47 Å². The number of carbonyl (C=O) groups excluding carboxylic acids is 1. The highest BCUT2D eigenvalue weighted by molar-refractivity contribution is 6.40. The standard InChI is InChI=1S/C19H24Cl2N2O3/c1-19(2,3)26-18(25)22-8-6-12-15(7-9-22)23(10-11-24)17-14(21)5-4-13(20)16(12)17/h4-5,24H,6-11H2,1-3H3. The number of amides is 1. The van der Waals surface area contributed by atoms with Crippen LogP contribution in [0, 0.1) is 0 Å². The Hall–Kier alpha value is -1.43. The lowest BCUT2D eigenvalue weighted by molar-refractivity contribution is 0.0258. The predicted octanol–water partition coefficient (Wildman–Crippen LogP) is 4.28. The van der Waals surface area contributed by atoms with E-state index >= 15 is 0 Å². The van der Waals surface area contributed by atoms with Crippen molar-refractivity contribution in [3.05, 3.63) is 33.4 Å². The smallest absolute Gasteiger partial charge is 0.410 e. The second-order valence-corrected chi connectivity index (χ2v) is 8.34. The van der Waals surface area contributed by atoms with E-state index in [1.807, 2.05) is 25.3 Å². The van der Waals surface area contributed by atoms with Gasteiger partial charge in [0.15, 0.2) is 0 Å². The van der Waals surface area contributed by atoms with Crippen LogP contribution in [0.1, 0.15) is 32.0 Å². The Kier molecular flexibility index (Phi) is 5.42. The molecule has 0 saturated carbocycles. The van der Waals surface area contributed by atoms with Gasteiger partial charge in [-0.1, -0.05) is 23.2 Å². The minimum absolute atomic E-state index is 0.00877. The largest absolute Gasteiger partial charge is 0.444 e. The molecular weight excluding hydrogens is 375 g/mol. The Balaban J connectivity index is 1.99. The van der Waals surface area contributed by atoms with Crippen LogP contribution in [0.15, 0.2) is 12.1 Å². The molecule has 1 aromatic carbocycles. The summed E-state index contributed by atoms with van der Waals surface area (Å²) in [6, 6.07) is 3.58. The van der Waals surface area contributed by atoms with Crippen LogP contribution in [0.2, 0.25) is 10.0 Å². The van der Waals surface area contributed by atoms with Gasteiger partial charge in [-0.15, -0.1) is 0 Å². The summed E-state index contributed by atoms with van der Waals surface area (Å²) >= 11 is 12.9. The van der Waals surface area contributed by atoms with Crippen LogP contribution in [0.25, 0.3) is 10.9 Å². The van der Waals surface area contributed by atoms with E-state index in [0.717, 1.165) is 22.2 Å². The first-order chi connectivity index (χ1) is 12.2. The Morgan fingerprint density at radius 2 is 1.85 bits per heavy atom. The van der Waals surface area contributed by atoms with Gasteiger partial charge in [-0.05, 0) is 44.9 Å². The predicted molar refractivity (Wildman–Crippen MR) is 104 cm³/mol. The Bertz CT molecular complexity index is 840. The molecule has 142 valence electrons. The highest BCUT2D eigenvalue weighted by Gasteiger charge is 2.28. The van der Waals surface area contributed by atoms with Crippen molar-refractivity contribution in [1.29, 1.82) is 0 Å². The second kappa shape index (κ2) is 7.29. The van der Waals surface area contributed by atoms with Crippen molar-refractivity contribution in [2.75, 3.05) is 19.7 Å². The Morgan fingerprint density at radius 1 is 1.19 bits per heavy atom. The average molecular weight is 399 g/mol. The van der Waals surface area contributed by atoms with Crippen molar-refractivity contribution in [2.45, 2.75) is 45.8 Å². The third-order valence-corrected chi connectivity index (χ3v) is 5.17. The highest BCUT2D eigenvalue weighted by Crippen LogP contribution is 2.38. The van der Waals surface area contributed by atoms with Gasteiger partial charge < -0.3 is 19.3 Å². The molecule has 1 amide bonds. The molecule has 0 radical (unpaired) electrons. The molecule has 2 aromatic rings. The topological polar surface area (TPSA) is 54.7 Å². The Labute approximate surface area is 163 Å². The quantitative estimate of drug-likeness (QED) is 0.821. The molecule has 2 heterocycles. The van der Waals surface area contributed by atoms with Crippen molar-refractivity contribution in [3.63, 3.8) is 0 Å². The monoisotopic (exact) mass is 398 g/mol. The van der Waals surface area contributed by atoms with Crippen LogP contribution in [-0.4, -0.2) is 46.0 Å². The summed E-state index contributed by atoms with van der Waals surface area (Å²) in [7, 11) is 0. The van der Waals surface area contributed by atoms with Gasteiger partial charge in [-0.2, -0.15) is 0 Å². The van der Waals surface area contributed by atoms with Gasteiger partial charge in [-0.3, -0.25) is 0 Å². The number of carbonyl (C=O) groups is 1. The highest BCUT2D eigenvalue weighted by atomic mass is 35.5. The van der Waals surface area contributed by atoms with Gasteiger partial charge in [0, 0.05) is 37.1 Å². The normalized spacial score (nSPS) is 15.1. The lowest BCUT2D eigenvalue weighted by Gasteiger charge is -2.26. The van der Waals surface area contributed by atoms with E-state index in [1.54, 1.807) is 17.0 Å². The van der Waals surface area contributed by atoms with Crippen molar-refractivity contribution < 1.29 is 14.6 Å². The van der Waals surface area contributed by atoms with E-state index in [9.17, 15) is 9.90 Å². The fourth-order valence-corrected chi connectivity index (χ4v) is 4.07.